The largest absolute Gasteiger partial charge is 0.465 e. The molecule has 2 aliphatic rings. The Morgan fingerprint density at radius 2 is 1.68 bits per heavy atom. The summed E-state index contributed by atoms with van der Waals surface area (Å²) in [5, 5.41) is 0. The molecule has 0 amide bonds. The molecule has 0 spiro atoms. The first-order valence-corrected chi connectivity index (χ1v) is 9.84. The highest BCUT2D eigenvalue weighted by Crippen LogP contribution is 2.49. The molecule has 0 bridgehead atoms. The van der Waals surface area contributed by atoms with Crippen molar-refractivity contribution in [3.63, 3.8) is 0 Å². The van der Waals surface area contributed by atoms with E-state index < -0.39 is 17.4 Å². The van der Waals surface area contributed by atoms with Crippen molar-refractivity contribution in [3.05, 3.63) is 53.1 Å². The summed E-state index contributed by atoms with van der Waals surface area (Å²) in [6, 6.07) is 9.42. The van der Waals surface area contributed by atoms with E-state index in [1.165, 1.54) is 0 Å². The maximum Gasteiger partial charge on any atom is 0.323 e. The lowest BCUT2D eigenvalue weighted by molar-refractivity contribution is -0.172. The number of allylic oxidation sites excluding steroid dienone is 4. The fourth-order valence-electron chi connectivity index (χ4n) is 4.16. The van der Waals surface area contributed by atoms with E-state index in [0.717, 1.165) is 16.7 Å². The first-order chi connectivity index (χ1) is 13.5. The van der Waals surface area contributed by atoms with Gasteiger partial charge in [0.2, 0.25) is 0 Å². The average Bonchev–Trinajstić information content (AvgIpc) is 2.84. The second-order valence-electron chi connectivity index (χ2n) is 7.20. The van der Waals surface area contributed by atoms with Gasteiger partial charge in [0.25, 0.3) is 0 Å². The van der Waals surface area contributed by atoms with Crippen molar-refractivity contribution >= 4 is 23.3 Å². The molecule has 3 rings (SSSR count). The van der Waals surface area contributed by atoms with Crippen LogP contribution in [-0.4, -0.2) is 30.9 Å². The number of ether oxygens (including phenoxy) is 2. The maximum absolute atomic E-state index is 13.1. The molecule has 1 aromatic carbocycles. The van der Waals surface area contributed by atoms with Crippen molar-refractivity contribution in [2.24, 2.45) is 11.3 Å². The zero-order valence-corrected chi connectivity index (χ0v) is 16.6. The van der Waals surface area contributed by atoms with Gasteiger partial charge < -0.3 is 9.47 Å². The molecule has 5 nitrogen and oxygen atoms in total. The molecule has 2 aliphatic carbocycles. The zero-order chi connectivity index (χ0) is 20.3. The van der Waals surface area contributed by atoms with Crippen molar-refractivity contribution in [1.82, 2.24) is 0 Å². The van der Waals surface area contributed by atoms with Crippen LogP contribution in [0.3, 0.4) is 0 Å². The van der Waals surface area contributed by atoms with E-state index in [2.05, 4.69) is 0 Å². The van der Waals surface area contributed by atoms with Gasteiger partial charge in [-0.25, -0.2) is 0 Å². The van der Waals surface area contributed by atoms with Crippen LogP contribution in [0.5, 0.6) is 0 Å². The van der Waals surface area contributed by atoms with Crippen molar-refractivity contribution in [3.8, 4) is 0 Å². The van der Waals surface area contributed by atoms with Gasteiger partial charge in [-0.2, -0.15) is 0 Å². The molecule has 1 atom stereocenters. The van der Waals surface area contributed by atoms with E-state index in [1.807, 2.05) is 43.3 Å². The van der Waals surface area contributed by atoms with Crippen LogP contribution in [0.15, 0.2) is 47.6 Å². The molecule has 0 fully saturated rings. The summed E-state index contributed by atoms with van der Waals surface area (Å²) in [5.41, 5.74) is 1.66. The summed E-state index contributed by atoms with van der Waals surface area (Å²) in [6.45, 7) is 5.67. The second kappa shape index (κ2) is 8.13. The summed E-state index contributed by atoms with van der Waals surface area (Å²) < 4.78 is 10.6. The average molecular weight is 382 g/mol. The van der Waals surface area contributed by atoms with Crippen molar-refractivity contribution in [1.29, 1.82) is 0 Å². The van der Waals surface area contributed by atoms with Gasteiger partial charge >= 0.3 is 11.9 Å². The van der Waals surface area contributed by atoms with Gasteiger partial charge in [0.1, 0.15) is 0 Å². The number of ketones is 1. The molecule has 1 aromatic rings. The second-order valence-corrected chi connectivity index (χ2v) is 7.20. The van der Waals surface area contributed by atoms with Crippen LogP contribution in [0.1, 0.15) is 45.6 Å². The third-order valence-corrected chi connectivity index (χ3v) is 5.57. The summed E-state index contributed by atoms with van der Waals surface area (Å²) in [7, 11) is 0. The Labute approximate surface area is 165 Å². The first kappa shape index (κ1) is 20.1. The number of hydrogen-bond donors (Lipinski definition) is 0. The lowest BCUT2D eigenvalue weighted by atomic mass is 9.77. The van der Waals surface area contributed by atoms with Crippen LogP contribution in [0.25, 0.3) is 5.57 Å². The predicted octanol–water partition coefficient (Wildman–Crippen LogP) is 3.88. The molecule has 0 N–H and O–H groups in total. The SMILES string of the molecule is CCOC(=O)C1(C(=O)OCC)CCC=C2C(=C(c3ccccc3)C(=O)[C@@H]2C)C1. The van der Waals surface area contributed by atoms with Crippen LogP contribution in [0.4, 0.5) is 0 Å². The Morgan fingerprint density at radius 1 is 1.07 bits per heavy atom. The molecule has 0 aliphatic heterocycles. The monoisotopic (exact) mass is 382 g/mol. The molecular formula is C23H26O5. The van der Waals surface area contributed by atoms with Crippen LogP contribution < -0.4 is 0 Å². The third kappa shape index (κ3) is 3.30. The first-order valence-electron chi connectivity index (χ1n) is 9.84. The number of hydrogen-bond acceptors (Lipinski definition) is 5. The van der Waals surface area contributed by atoms with Crippen molar-refractivity contribution in [2.45, 2.75) is 40.0 Å². The topological polar surface area (TPSA) is 69.7 Å². The highest BCUT2D eigenvalue weighted by atomic mass is 16.6. The Bertz CT molecular complexity index is 829. The minimum Gasteiger partial charge on any atom is -0.465 e. The molecule has 0 radical (unpaired) electrons. The van der Waals surface area contributed by atoms with Gasteiger partial charge in [-0.3, -0.25) is 14.4 Å². The number of fused-ring (bicyclic) bond motifs is 1. The smallest absolute Gasteiger partial charge is 0.323 e. The van der Waals surface area contributed by atoms with Crippen molar-refractivity contribution < 1.29 is 23.9 Å². The van der Waals surface area contributed by atoms with E-state index in [1.54, 1.807) is 13.8 Å². The standard InChI is InChI=1S/C23H26O5/c1-4-27-21(25)23(22(26)28-5-2)13-9-12-17-15(3)20(24)19(18(17)14-23)16-10-7-6-8-11-16/h6-8,10-12,15H,4-5,9,13-14H2,1-3H3/t15-/m1/s1. The Balaban J connectivity index is 2.16. The Morgan fingerprint density at radius 3 is 2.25 bits per heavy atom. The van der Waals surface area contributed by atoms with Gasteiger partial charge in [0.05, 0.1) is 13.2 Å². The van der Waals surface area contributed by atoms with Crippen LogP contribution in [0.2, 0.25) is 0 Å². The summed E-state index contributed by atoms with van der Waals surface area (Å²) in [6.07, 6.45) is 2.93. The predicted molar refractivity (Wildman–Crippen MR) is 105 cm³/mol. The highest BCUT2D eigenvalue weighted by Gasteiger charge is 2.52. The van der Waals surface area contributed by atoms with E-state index in [9.17, 15) is 14.4 Å². The minimum atomic E-state index is -1.43. The molecule has 0 heterocycles. The van der Waals surface area contributed by atoms with E-state index in [0.29, 0.717) is 18.4 Å². The Kier molecular flexibility index (Phi) is 5.82. The van der Waals surface area contributed by atoms with Gasteiger partial charge in [0.15, 0.2) is 11.2 Å². The lowest BCUT2D eigenvalue weighted by Crippen LogP contribution is -2.42. The van der Waals surface area contributed by atoms with Crippen LogP contribution >= 0.6 is 0 Å². The van der Waals surface area contributed by atoms with Gasteiger partial charge in [-0.1, -0.05) is 43.3 Å². The number of rotatable bonds is 5. The molecule has 0 saturated carbocycles. The van der Waals surface area contributed by atoms with Gasteiger partial charge in [-0.15, -0.1) is 0 Å². The molecule has 0 saturated heterocycles. The molecule has 148 valence electrons. The molecule has 0 aromatic heterocycles. The minimum absolute atomic E-state index is 0.0240. The zero-order valence-electron chi connectivity index (χ0n) is 16.6. The maximum atomic E-state index is 13.1. The number of Topliss-reactive ketones (excluding diaryl/α,β-unsaturated/α-hetero) is 1. The number of carbonyl (C=O) groups excluding carboxylic acids is 3. The molecule has 28 heavy (non-hydrogen) atoms. The van der Waals surface area contributed by atoms with E-state index in [4.69, 9.17) is 9.47 Å². The number of carbonyl (C=O) groups is 3. The highest BCUT2D eigenvalue weighted by molar-refractivity contribution is 6.27. The summed E-state index contributed by atoms with van der Waals surface area (Å²) >= 11 is 0. The van der Waals surface area contributed by atoms with Gasteiger partial charge in [-0.05, 0) is 43.4 Å². The van der Waals surface area contributed by atoms with Crippen molar-refractivity contribution in [2.75, 3.05) is 13.2 Å². The summed E-state index contributed by atoms with van der Waals surface area (Å²) in [5.74, 6) is -1.41. The third-order valence-electron chi connectivity index (χ3n) is 5.57. The number of esters is 2. The quantitative estimate of drug-likeness (QED) is 0.571. The number of benzene rings is 1. The fraction of sp³-hybridized carbons (Fsp3) is 0.435. The molecule has 0 unspecified atom stereocenters. The van der Waals surface area contributed by atoms with Crippen LogP contribution in [-0.2, 0) is 23.9 Å². The van der Waals surface area contributed by atoms with Gasteiger partial charge in [0, 0.05) is 17.9 Å². The van der Waals surface area contributed by atoms with E-state index >= 15 is 0 Å². The molecule has 5 heteroatoms. The summed E-state index contributed by atoms with van der Waals surface area (Å²) in [4.78, 5) is 38.9. The normalized spacial score (nSPS) is 20.9. The van der Waals surface area contributed by atoms with E-state index in [-0.39, 0.29) is 31.3 Å². The fourth-order valence-corrected chi connectivity index (χ4v) is 4.16. The Hall–Kier alpha value is -2.69. The molecular weight excluding hydrogens is 356 g/mol. The van der Waals surface area contributed by atoms with Crippen LogP contribution in [0, 0.1) is 11.3 Å². The lowest BCUT2D eigenvalue weighted by Gasteiger charge is -2.28.